The summed E-state index contributed by atoms with van der Waals surface area (Å²) in [4.78, 5) is 10.7. The summed E-state index contributed by atoms with van der Waals surface area (Å²) >= 11 is 2.99. The number of benzene rings is 1. The molecule has 1 aromatic carbocycles. The molecule has 0 N–H and O–H groups in total. The largest absolute Gasteiger partial charge is 0.300 e. The molecule has 0 aromatic heterocycles. The van der Waals surface area contributed by atoms with Crippen molar-refractivity contribution in [2.45, 2.75) is 26.2 Å². The van der Waals surface area contributed by atoms with E-state index < -0.39 is 11.6 Å². The Balaban J connectivity index is 2.75. The minimum absolute atomic E-state index is 0.0332. The van der Waals surface area contributed by atoms with Gasteiger partial charge in [0.1, 0.15) is 17.4 Å². The van der Waals surface area contributed by atoms with Gasteiger partial charge in [-0.15, -0.1) is 0 Å². The van der Waals surface area contributed by atoms with Gasteiger partial charge in [0.05, 0.1) is 4.47 Å². The highest BCUT2D eigenvalue weighted by Crippen LogP contribution is 2.22. The summed E-state index contributed by atoms with van der Waals surface area (Å²) < 4.78 is 26.9. The molecule has 1 aromatic rings. The molecule has 0 saturated heterocycles. The van der Waals surface area contributed by atoms with Crippen LogP contribution >= 0.6 is 15.9 Å². The first kappa shape index (κ1) is 12.3. The molecule has 0 bridgehead atoms. The maximum atomic E-state index is 13.4. The highest BCUT2D eigenvalue weighted by molar-refractivity contribution is 9.10. The number of hydrogen-bond donors (Lipinski definition) is 0. The van der Waals surface area contributed by atoms with Gasteiger partial charge in [-0.3, -0.25) is 0 Å². The summed E-state index contributed by atoms with van der Waals surface area (Å²) in [5, 5.41) is 0. The van der Waals surface area contributed by atoms with Crippen LogP contribution in [-0.2, 0) is 11.2 Å². The van der Waals surface area contributed by atoms with E-state index in [1.54, 1.807) is 0 Å². The van der Waals surface area contributed by atoms with Gasteiger partial charge in [0.2, 0.25) is 0 Å². The van der Waals surface area contributed by atoms with Crippen LogP contribution in [0.15, 0.2) is 16.6 Å². The molecular formula is C11H11BrF2O. The molecule has 0 spiro atoms. The van der Waals surface area contributed by atoms with Crippen LogP contribution in [0.25, 0.3) is 0 Å². The lowest BCUT2D eigenvalue weighted by Gasteiger charge is -2.05. The summed E-state index contributed by atoms with van der Waals surface area (Å²) in [6, 6.07) is 2.55. The lowest BCUT2D eigenvalue weighted by Crippen LogP contribution is -1.99. The molecule has 0 unspecified atom stereocenters. The van der Waals surface area contributed by atoms with Gasteiger partial charge in [-0.25, -0.2) is 8.78 Å². The third kappa shape index (κ3) is 3.38. The number of Topliss-reactive ketones (excluding diaryl/α,β-unsaturated/α-hetero) is 1. The molecule has 1 nitrogen and oxygen atoms in total. The quantitative estimate of drug-likeness (QED) is 0.768. The Morgan fingerprint density at radius 1 is 1.40 bits per heavy atom. The lowest BCUT2D eigenvalue weighted by molar-refractivity contribution is -0.117. The number of halogens is 3. The van der Waals surface area contributed by atoms with Crippen molar-refractivity contribution in [2.75, 3.05) is 0 Å². The van der Waals surface area contributed by atoms with Crippen molar-refractivity contribution in [1.29, 1.82) is 0 Å². The molecule has 0 heterocycles. The molecule has 1 rings (SSSR count). The predicted molar refractivity (Wildman–Crippen MR) is 57.7 cm³/mol. The van der Waals surface area contributed by atoms with Crippen LogP contribution in [0.5, 0.6) is 0 Å². The van der Waals surface area contributed by atoms with Crippen molar-refractivity contribution in [3.8, 4) is 0 Å². The molecule has 0 aliphatic carbocycles. The summed E-state index contributed by atoms with van der Waals surface area (Å²) in [6.45, 7) is 1.47. The molecule has 0 aliphatic rings. The SMILES string of the molecule is CC(=O)CCCc1c(F)ccc(Br)c1F. The lowest BCUT2D eigenvalue weighted by atomic mass is 10.1. The van der Waals surface area contributed by atoms with Gasteiger partial charge < -0.3 is 4.79 Å². The maximum absolute atomic E-state index is 13.4. The fourth-order valence-electron chi connectivity index (χ4n) is 1.31. The van der Waals surface area contributed by atoms with E-state index in [0.29, 0.717) is 12.8 Å². The minimum Gasteiger partial charge on any atom is -0.300 e. The summed E-state index contributed by atoms with van der Waals surface area (Å²) in [6.07, 6.45) is 1.07. The molecule has 0 amide bonds. The molecule has 0 fully saturated rings. The van der Waals surface area contributed by atoms with Crippen molar-refractivity contribution in [3.63, 3.8) is 0 Å². The molecule has 4 heteroatoms. The van der Waals surface area contributed by atoms with Gasteiger partial charge in [0, 0.05) is 12.0 Å². The van der Waals surface area contributed by atoms with Crippen LogP contribution in [-0.4, -0.2) is 5.78 Å². The molecule has 0 saturated carbocycles. The van der Waals surface area contributed by atoms with E-state index in [2.05, 4.69) is 15.9 Å². The Labute approximate surface area is 95.6 Å². The fourth-order valence-corrected chi connectivity index (χ4v) is 1.68. The van der Waals surface area contributed by atoms with E-state index in [1.807, 2.05) is 0 Å². The van der Waals surface area contributed by atoms with Gasteiger partial charge in [-0.05, 0) is 47.8 Å². The molecule has 0 atom stereocenters. The van der Waals surface area contributed by atoms with E-state index >= 15 is 0 Å². The molecule has 0 aliphatic heterocycles. The molecule has 15 heavy (non-hydrogen) atoms. The average molecular weight is 277 g/mol. The topological polar surface area (TPSA) is 17.1 Å². The molecule has 82 valence electrons. The second-order valence-corrected chi connectivity index (χ2v) is 4.23. The number of ketones is 1. The maximum Gasteiger partial charge on any atom is 0.143 e. The van der Waals surface area contributed by atoms with Crippen molar-refractivity contribution in [1.82, 2.24) is 0 Å². The number of hydrogen-bond acceptors (Lipinski definition) is 1. The first-order chi connectivity index (χ1) is 7.02. The van der Waals surface area contributed by atoms with Crippen molar-refractivity contribution >= 4 is 21.7 Å². The fraction of sp³-hybridized carbons (Fsp3) is 0.364. The van der Waals surface area contributed by atoms with E-state index in [1.165, 1.54) is 19.1 Å². The zero-order valence-electron chi connectivity index (χ0n) is 8.32. The predicted octanol–water partition coefficient (Wildman–Crippen LogP) is 3.64. The van der Waals surface area contributed by atoms with E-state index in [4.69, 9.17) is 0 Å². The number of carbonyl (C=O) groups excluding carboxylic acids is 1. The first-order valence-electron chi connectivity index (χ1n) is 4.64. The molecule has 0 radical (unpaired) electrons. The van der Waals surface area contributed by atoms with Crippen LogP contribution in [0, 0.1) is 11.6 Å². The van der Waals surface area contributed by atoms with Gasteiger partial charge >= 0.3 is 0 Å². The van der Waals surface area contributed by atoms with Crippen LogP contribution < -0.4 is 0 Å². The minimum atomic E-state index is -0.571. The summed E-state index contributed by atoms with van der Waals surface area (Å²) in [5.74, 6) is -1.09. The van der Waals surface area contributed by atoms with Gasteiger partial charge in [0.15, 0.2) is 0 Å². The van der Waals surface area contributed by atoms with E-state index in [-0.39, 0.29) is 22.2 Å². The second-order valence-electron chi connectivity index (χ2n) is 3.38. The summed E-state index contributed by atoms with van der Waals surface area (Å²) in [7, 11) is 0. The Morgan fingerprint density at radius 2 is 2.07 bits per heavy atom. The van der Waals surface area contributed by atoms with Crippen LogP contribution in [0.3, 0.4) is 0 Å². The smallest absolute Gasteiger partial charge is 0.143 e. The third-order valence-corrected chi connectivity index (χ3v) is 2.71. The van der Waals surface area contributed by atoms with Crippen molar-refractivity contribution < 1.29 is 13.6 Å². The Morgan fingerprint density at radius 3 is 2.67 bits per heavy atom. The van der Waals surface area contributed by atoms with Gasteiger partial charge in [0.25, 0.3) is 0 Å². The monoisotopic (exact) mass is 276 g/mol. The van der Waals surface area contributed by atoms with Crippen molar-refractivity contribution in [2.24, 2.45) is 0 Å². The second kappa shape index (κ2) is 5.35. The average Bonchev–Trinajstić information content (AvgIpc) is 2.17. The zero-order chi connectivity index (χ0) is 11.4. The highest BCUT2D eigenvalue weighted by atomic mass is 79.9. The Bertz CT molecular complexity index is 377. The number of carbonyl (C=O) groups is 1. The summed E-state index contributed by atoms with van der Waals surface area (Å²) in [5.41, 5.74) is 0.0469. The van der Waals surface area contributed by atoms with Crippen LogP contribution in [0.4, 0.5) is 8.78 Å². The molecular weight excluding hydrogens is 266 g/mol. The van der Waals surface area contributed by atoms with E-state index in [0.717, 1.165) is 0 Å². The Kier molecular flexibility index (Phi) is 4.39. The van der Waals surface area contributed by atoms with Crippen molar-refractivity contribution in [3.05, 3.63) is 33.8 Å². The zero-order valence-corrected chi connectivity index (χ0v) is 9.90. The third-order valence-electron chi connectivity index (χ3n) is 2.09. The van der Waals surface area contributed by atoms with E-state index in [9.17, 15) is 13.6 Å². The standard InChI is InChI=1S/C11H11BrF2O/c1-7(15)3-2-4-8-10(13)6-5-9(12)11(8)14/h5-6H,2-4H2,1H3. The van der Waals surface area contributed by atoms with Gasteiger partial charge in [-0.1, -0.05) is 0 Å². The number of rotatable bonds is 4. The first-order valence-corrected chi connectivity index (χ1v) is 5.43. The van der Waals surface area contributed by atoms with Crippen LogP contribution in [0.1, 0.15) is 25.3 Å². The Hall–Kier alpha value is -0.770. The highest BCUT2D eigenvalue weighted by Gasteiger charge is 2.11. The normalized spacial score (nSPS) is 10.4. The van der Waals surface area contributed by atoms with Gasteiger partial charge in [-0.2, -0.15) is 0 Å². The van der Waals surface area contributed by atoms with Crippen LogP contribution in [0.2, 0.25) is 0 Å².